The molecule has 1 aromatic carbocycles. The summed E-state index contributed by atoms with van der Waals surface area (Å²) in [6.45, 7) is 7.08. The minimum atomic E-state index is -0.214. The Morgan fingerprint density at radius 2 is 1.84 bits per heavy atom. The van der Waals surface area contributed by atoms with E-state index in [4.69, 9.17) is 4.74 Å². The van der Waals surface area contributed by atoms with E-state index in [0.717, 1.165) is 32.3 Å². The molecular formula is C17H26O2. The summed E-state index contributed by atoms with van der Waals surface area (Å²) in [6, 6.07) is 6.54. The third kappa shape index (κ3) is 4.32. The van der Waals surface area contributed by atoms with Gasteiger partial charge in [-0.25, -0.2) is 0 Å². The van der Waals surface area contributed by atoms with Crippen LogP contribution in [0.4, 0.5) is 0 Å². The monoisotopic (exact) mass is 262 g/mol. The molecule has 0 aliphatic heterocycles. The minimum absolute atomic E-state index is 0.214. The van der Waals surface area contributed by atoms with Crippen LogP contribution in [0.1, 0.15) is 42.9 Å². The molecule has 0 spiro atoms. The van der Waals surface area contributed by atoms with Gasteiger partial charge in [0.05, 0.1) is 12.2 Å². The third-order valence-corrected chi connectivity index (χ3v) is 3.95. The van der Waals surface area contributed by atoms with Crippen molar-refractivity contribution in [2.24, 2.45) is 5.92 Å². The Kier molecular flexibility index (Phi) is 5.00. The molecule has 2 heteroatoms. The number of aliphatic hydroxyl groups is 1. The number of hydrogen-bond donors (Lipinski definition) is 1. The van der Waals surface area contributed by atoms with E-state index in [1.165, 1.54) is 16.7 Å². The van der Waals surface area contributed by atoms with Crippen molar-refractivity contribution in [3.8, 4) is 0 Å². The van der Waals surface area contributed by atoms with E-state index in [-0.39, 0.29) is 6.10 Å². The van der Waals surface area contributed by atoms with Crippen LogP contribution in [0.25, 0.3) is 0 Å². The van der Waals surface area contributed by atoms with Gasteiger partial charge in [-0.05, 0) is 57.9 Å². The molecule has 19 heavy (non-hydrogen) atoms. The zero-order valence-electron chi connectivity index (χ0n) is 12.4. The van der Waals surface area contributed by atoms with Crippen LogP contribution in [0.5, 0.6) is 0 Å². The summed E-state index contributed by atoms with van der Waals surface area (Å²) in [5.74, 6) is 0.650. The first-order valence-electron chi connectivity index (χ1n) is 7.43. The number of aliphatic hydroxyl groups excluding tert-OH is 1. The quantitative estimate of drug-likeness (QED) is 0.851. The standard InChI is InChI=1S/C17H26O2/c1-4-19-17-10-15(11-17)9-16(18)8-14-6-12(2)5-13(3)7-14/h5-7,15-18H,4,8-11H2,1-3H3. The van der Waals surface area contributed by atoms with Gasteiger partial charge in [-0.15, -0.1) is 0 Å². The SMILES string of the molecule is CCOC1CC(CC(O)Cc2cc(C)cc(C)c2)C1. The molecule has 1 saturated carbocycles. The van der Waals surface area contributed by atoms with E-state index < -0.39 is 0 Å². The van der Waals surface area contributed by atoms with Gasteiger partial charge in [0.15, 0.2) is 0 Å². The molecule has 106 valence electrons. The fraction of sp³-hybridized carbons (Fsp3) is 0.647. The third-order valence-electron chi connectivity index (χ3n) is 3.95. The minimum Gasteiger partial charge on any atom is -0.393 e. The Morgan fingerprint density at radius 3 is 2.42 bits per heavy atom. The van der Waals surface area contributed by atoms with E-state index >= 15 is 0 Å². The smallest absolute Gasteiger partial charge is 0.0583 e. The second kappa shape index (κ2) is 6.53. The van der Waals surface area contributed by atoms with Gasteiger partial charge in [0, 0.05) is 6.61 Å². The Bertz CT molecular complexity index is 387. The Balaban J connectivity index is 1.77. The van der Waals surface area contributed by atoms with Gasteiger partial charge in [0.1, 0.15) is 0 Å². The highest BCUT2D eigenvalue weighted by atomic mass is 16.5. The van der Waals surface area contributed by atoms with Gasteiger partial charge in [-0.2, -0.15) is 0 Å². The van der Waals surface area contributed by atoms with Crippen molar-refractivity contribution in [3.05, 3.63) is 34.9 Å². The molecule has 1 atom stereocenters. The topological polar surface area (TPSA) is 29.5 Å². The van der Waals surface area contributed by atoms with Gasteiger partial charge in [-0.3, -0.25) is 0 Å². The highest BCUT2D eigenvalue weighted by Crippen LogP contribution is 2.34. The van der Waals surface area contributed by atoms with Crippen LogP contribution in [0, 0.1) is 19.8 Å². The summed E-state index contributed by atoms with van der Waals surface area (Å²) >= 11 is 0. The summed E-state index contributed by atoms with van der Waals surface area (Å²) < 4.78 is 5.56. The second-order valence-corrected chi connectivity index (χ2v) is 6.00. The van der Waals surface area contributed by atoms with Gasteiger partial charge >= 0.3 is 0 Å². The van der Waals surface area contributed by atoms with Gasteiger partial charge in [-0.1, -0.05) is 29.3 Å². The zero-order valence-corrected chi connectivity index (χ0v) is 12.4. The largest absolute Gasteiger partial charge is 0.393 e. The van der Waals surface area contributed by atoms with Crippen molar-refractivity contribution >= 4 is 0 Å². The van der Waals surface area contributed by atoms with Crippen LogP contribution in [0.3, 0.4) is 0 Å². The molecule has 1 aromatic rings. The van der Waals surface area contributed by atoms with Crippen molar-refractivity contribution in [3.63, 3.8) is 0 Å². The highest BCUT2D eigenvalue weighted by Gasteiger charge is 2.30. The number of rotatable bonds is 6. The lowest BCUT2D eigenvalue weighted by molar-refractivity contribution is -0.0375. The van der Waals surface area contributed by atoms with Gasteiger partial charge in [0.2, 0.25) is 0 Å². The molecule has 0 saturated heterocycles. The number of aryl methyl sites for hydroxylation is 2. The molecule has 0 amide bonds. The molecular weight excluding hydrogens is 236 g/mol. The fourth-order valence-electron chi connectivity index (χ4n) is 3.17. The Labute approximate surface area is 116 Å². The summed E-state index contributed by atoms with van der Waals surface area (Å²) in [6.07, 6.45) is 4.17. The first-order valence-corrected chi connectivity index (χ1v) is 7.43. The molecule has 0 aromatic heterocycles. The van der Waals surface area contributed by atoms with E-state index in [0.29, 0.717) is 12.0 Å². The molecule has 1 aliphatic carbocycles. The molecule has 0 bridgehead atoms. The molecule has 0 heterocycles. The van der Waals surface area contributed by atoms with Crippen LogP contribution >= 0.6 is 0 Å². The van der Waals surface area contributed by atoms with Crippen LogP contribution in [-0.2, 0) is 11.2 Å². The zero-order chi connectivity index (χ0) is 13.8. The molecule has 2 rings (SSSR count). The van der Waals surface area contributed by atoms with E-state index in [1.807, 2.05) is 6.92 Å². The molecule has 1 aliphatic rings. The summed E-state index contributed by atoms with van der Waals surface area (Å²) in [5, 5.41) is 10.2. The fourth-order valence-corrected chi connectivity index (χ4v) is 3.17. The van der Waals surface area contributed by atoms with E-state index in [2.05, 4.69) is 32.0 Å². The number of ether oxygens (including phenoxy) is 1. The van der Waals surface area contributed by atoms with Gasteiger partial charge < -0.3 is 9.84 Å². The summed E-state index contributed by atoms with van der Waals surface area (Å²) in [4.78, 5) is 0. The maximum absolute atomic E-state index is 10.2. The molecule has 0 radical (unpaired) electrons. The maximum atomic E-state index is 10.2. The summed E-state index contributed by atoms with van der Waals surface area (Å²) in [7, 11) is 0. The maximum Gasteiger partial charge on any atom is 0.0583 e. The Hall–Kier alpha value is -0.860. The molecule has 1 N–H and O–H groups in total. The highest BCUT2D eigenvalue weighted by molar-refractivity contribution is 5.28. The molecule has 1 unspecified atom stereocenters. The molecule has 1 fully saturated rings. The van der Waals surface area contributed by atoms with Crippen LogP contribution in [0.2, 0.25) is 0 Å². The normalized spacial score (nSPS) is 24.0. The van der Waals surface area contributed by atoms with Crippen molar-refractivity contribution in [2.45, 2.75) is 58.7 Å². The van der Waals surface area contributed by atoms with Crippen molar-refractivity contribution in [1.29, 1.82) is 0 Å². The van der Waals surface area contributed by atoms with E-state index in [1.54, 1.807) is 0 Å². The average Bonchev–Trinajstić information content (AvgIpc) is 2.24. The lowest BCUT2D eigenvalue weighted by Crippen LogP contribution is -2.34. The predicted octanol–water partition coefficient (Wildman–Crippen LogP) is 3.41. The lowest BCUT2D eigenvalue weighted by Gasteiger charge is -2.36. The lowest BCUT2D eigenvalue weighted by atomic mass is 9.78. The first kappa shape index (κ1) is 14.5. The van der Waals surface area contributed by atoms with Crippen LogP contribution in [0.15, 0.2) is 18.2 Å². The van der Waals surface area contributed by atoms with Crippen molar-refractivity contribution in [1.82, 2.24) is 0 Å². The number of benzene rings is 1. The molecule has 2 nitrogen and oxygen atoms in total. The van der Waals surface area contributed by atoms with Crippen molar-refractivity contribution < 1.29 is 9.84 Å². The average molecular weight is 262 g/mol. The number of hydrogen-bond acceptors (Lipinski definition) is 2. The van der Waals surface area contributed by atoms with Crippen molar-refractivity contribution in [2.75, 3.05) is 6.61 Å². The predicted molar refractivity (Wildman–Crippen MR) is 78.4 cm³/mol. The first-order chi connectivity index (χ1) is 9.06. The summed E-state index contributed by atoms with van der Waals surface area (Å²) in [5.41, 5.74) is 3.81. The van der Waals surface area contributed by atoms with E-state index in [9.17, 15) is 5.11 Å². The van der Waals surface area contributed by atoms with Crippen LogP contribution < -0.4 is 0 Å². The van der Waals surface area contributed by atoms with Crippen LogP contribution in [-0.4, -0.2) is 23.9 Å². The second-order valence-electron chi connectivity index (χ2n) is 6.00. The Morgan fingerprint density at radius 1 is 1.21 bits per heavy atom. The van der Waals surface area contributed by atoms with Gasteiger partial charge in [0.25, 0.3) is 0 Å².